The van der Waals surface area contributed by atoms with E-state index < -0.39 is 0 Å². The van der Waals surface area contributed by atoms with E-state index in [1.807, 2.05) is 6.92 Å². The number of rotatable bonds is 5. The van der Waals surface area contributed by atoms with Gasteiger partial charge < -0.3 is 15.5 Å². The summed E-state index contributed by atoms with van der Waals surface area (Å²) in [4.78, 5) is 0. The summed E-state index contributed by atoms with van der Waals surface area (Å²) >= 11 is 0. The van der Waals surface area contributed by atoms with E-state index in [1.165, 1.54) is 18.2 Å². The van der Waals surface area contributed by atoms with Gasteiger partial charge >= 0.3 is 0 Å². The summed E-state index contributed by atoms with van der Waals surface area (Å²) in [7, 11) is 0. The molecular formula is C15H22FNO2. The Morgan fingerprint density at radius 1 is 1.37 bits per heavy atom. The molecule has 0 radical (unpaired) electrons. The quantitative estimate of drug-likeness (QED) is 0.769. The van der Waals surface area contributed by atoms with Crippen LogP contribution in [0.3, 0.4) is 0 Å². The van der Waals surface area contributed by atoms with Gasteiger partial charge in [0, 0.05) is 30.2 Å². The molecule has 19 heavy (non-hydrogen) atoms. The fourth-order valence-corrected chi connectivity index (χ4v) is 2.87. The van der Waals surface area contributed by atoms with Crippen molar-refractivity contribution in [3.63, 3.8) is 0 Å². The molecule has 2 rings (SSSR count). The number of hydrogen-bond acceptors (Lipinski definition) is 3. The number of nitrogens with one attached hydrogen (secondary N) is 1. The Morgan fingerprint density at radius 3 is 2.68 bits per heavy atom. The first-order chi connectivity index (χ1) is 9.06. The van der Waals surface area contributed by atoms with Crippen molar-refractivity contribution >= 4 is 0 Å². The van der Waals surface area contributed by atoms with E-state index in [0.29, 0.717) is 12.1 Å². The molecule has 4 heteroatoms. The molecule has 1 saturated carbocycles. The van der Waals surface area contributed by atoms with Crippen LogP contribution in [0.5, 0.6) is 5.75 Å². The third kappa shape index (κ3) is 3.25. The smallest absolute Gasteiger partial charge is 0.123 e. The monoisotopic (exact) mass is 267 g/mol. The molecule has 1 aliphatic rings. The molecule has 1 aromatic rings. The molecule has 1 atom stereocenters. The largest absolute Gasteiger partial charge is 0.508 e. The molecule has 0 heterocycles. The van der Waals surface area contributed by atoms with Gasteiger partial charge in [-0.15, -0.1) is 0 Å². The predicted octanol–water partition coefficient (Wildman–Crippen LogP) is 2.73. The maximum Gasteiger partial charge on any atom is 0.123 e. The molecule has 0 bridgehead atoms. The van der Waals surface area contributed by atoms with Crippen molar-refractivity contribution in [2.45, 2.75) is 38.6 Å². The maximum atomic E-state index is 13.2. The zero-order valence-electron chi connectivity index (χ0n) is 11.3. The topological polar surface area (TPSA) is 52.5 Å². The first-order valence-corrected chi connectivity index (χ1v) is 6.89. The van der Waals surface area contributed by atoms with Crippen LogP contribution >= 0.6 is 0 Å². The maximum absolute atomic E-state index is 13.2. The van der Waals surface area contributed by atoms with Crippen molar-refractivity contribution in [1.29, 1.82) is 0 Å². The van der Waals surface area contributed by atoms with Gasteiger partial charge in [0.15, 0.2) is 0 Å². The highest BCUT2D eigenvalue weighted by Gasteiger charge is 2.33. The van der Waals surface area contributed by atoms with Gasteiger partial charge in [-0.1, -0.05) is 12.8 Å². The van der Waals surface area contributed by atoms with Crippen LogP contribution in [0.2, 0.25) is 0 Å². The lowest BCUT2D eigenvalue weighted by atomic mass is 9.87. The molecule has 106 valence electrons. The number of hydrogen-bond donors (Lipinski definition) is 3. The summed E-state index contributed by atoms with van der Waals surface area (Å²) in [6, 6.07) is 3.84. The zero-order chi connectivity index (χ0) is 13.9. The minimum atomic E-state index is -0.348. The Morgan fingerprint density at radius 2 is 2.05 bits per heavy atom. The van der Waals surface area contributed by atoms with Crippen molar-refractivity contribution in [3.05, 3.63) is 29.6 Å². The number of aliphatic hydroxyl groups is 1. The standard InChI is InChI=1S/C15H22FNO2/c1-11(13-8-12(16)4-5-14(13)19)17-9-15(10-18)6-2-3-7-15/h4-5,8,11,17-19H,2-3,6-7,9-10H2,1H3. The van der Waals surface area contributed by atoms with Crippen LogP contribution in [0.15, 0.2) is 18.2 Å². The van der Waals surface area contributed by atoms with E-state index in [-0.39, 0.29) is 29.6 Å². The third-order valence-electron chi connectivity index (χ3n) is 4.24. The molecule has 1 aromatic carbocycles. The lowest BCUT2D eigenvalue weighted by Crippen LogP contribution is -2.36. The summed E-state index contributed by atoms with van der Waals surface area (Å²) in [5, 5.41) is 22.6. The van der Waals surface area contributed by atoms with E-state index >= 15 is 0 Å². The second-order valence-corrected chi connectivity index (χ2v) is 5.67. The molecule has 0 amide bonds. The summed E-state index contributed by atoms with van der Waals surface area (Å²) < 4.78 is 13.2. The van der Waals surface area contributed by atoms with Gasteiger partial charge in [0.2, 0.25) is 0 Å². The van der Waals surface area contributed by atoms with E-state index in [9.17, 15) is 14.6 Å². The second-order valence-electron chi connectivity index (χ2n) is 5.67. The Bertz CT molecular complexity index is 430. The molecule has 1 unspecified atom stereocenters. The molecule has 0 saturated heterocycles. The van der Waals surface area contributed by atoms with Crippen LogP contribution in [0.4, 0.5) is 4.39 Å². The van der Waals surface area contributed by atoms with E-state index in [1.54, 1.807) is 0 Å². The number of aromatic hydroxyl groups is 1. The second kappa shape index (κ2) is 5.88. The lowest BCUT2D eigenvalue weighted by molar-refractivity contribution is 0.125. The predicted molar refractivity (Wildman–Crippen MR) is 72.5 cm³/mol. The van der Waals surface area contributed by atoms with Crippen molar-refractivity contribution in [1.82, 2.24) is 5.32 Å². The number of phenols is 1. The van der Waals surface area contributed by atoms with Crippen molar-refractivity contribution in [2.24, 2.45) is 5.41 Å². The molecule has 0 spiro atoms. The van der Waals surface area contributed by atoms with Crippen LogP contribution in [-0.2, 0) is 0 Å². The summed E-state index contributed by atoms with van der Waals surface area (Å²) in [5.74, 6) is -0.245. The molecule has 3 N–H and O–H groups in total. The fourth-order valence-electron chi connectivity index (χ4n) is 2.87. The number of halogens is 1. The van der Waals surface area contributed by atoms with Crippen LogP contribution in [0.1, 0.15) is 44.2 Å². The molecule has 0 aliphatic heterocycles. The molecule has 1 fully saturated rings. The minimum Gasteiger partial charge on any atom is -0.508 e. The minimum absolute atomic E-state index is 0.0444. The highest BCUT2D eigenvalue weighted by Crippen LogP contribution is 2.37. The van der Waals surface area contributed by atoms with Gasteiger partial charge in [-0.05, 0) is 38.0 Å². The zero-order valence-corrected chi connectivity index (χ0v) is 11.3. The highest BCUT2D eigenvalue weighted by atomic mass is 19.1. The first kappa shape index (κ1) is 14.3. The Labute approximate surface area is 113 Å². The van der Waals surface area contributed by atoms with Gasteiger partial charge in [0.25, 0.3) is 0 Å². The molecule has 0 aromatic heterocycles. The van der Waals surface area contributed by atoms with Gasteiger partial charge in [-0.3, -0.25) is 0 Å². The van der Waals surface area contributed by atoms with E-state index in [0.717, 1.165) is 25.7 Å². The van der Waals surface area contributed by atoms with Gasteiger partial charge in [-0.25, -0.2) is 4.39 Å². The number of aliphatic hydroxyl groups excluding tert-OH is 1. The van der Waals surface area contributed by atoms with Crippen molar-refractivity contribution in [3.8, 4) is 5.75 Å². The van der Waals surface area contributed by atoms with Crippen LogP contribution in [0, 0.1) is 11.2 Å². The summed E-state index contributed by atoms with van der Waals surface area (Å²) in [6.07, 6.45) is 4.36. The van der Waals surface area contributed by atoms with Gasteiger partial charge in [-0.2, -0.15) is 0 Å². The SMILES string of the molecule is CC(NCC1(CO)CCCC1)c1cc(F)ccc1O. The van der Waals surface area contributed by atoms with Crippen molar-refractivity contribution < 1.29 is 14.6 Å². The van der Waals surface area contributed by atoms with Crippen molar-refractivity contribution in [2.75, 3.05) is 13.2 Å². The lowest BCUT2D eigenvalue weighted by Gasteiger charge is -2.29. The highest BCUT2D eigenvalue weighted by molar-refractivity contribution is 5.34. The molecule has 3 nitrogen and oxygen atoms in total. The van der Waals surface area contributed by atoms with Crippen LogP contribution in [0.25, 0.3) is 0 Å². The van der Waals surface area contributed by atoms with E-state index in [4.69, 9.17) is 0 Å². The molecule has 1 aliphatic carbocycles. The van der Waals surface area contributed by atoms with Gasteiger partial charge in [0.05, 0.1) is 0 Å². The fraction of sp³-hybridized carbons (Fsp3) is 0.600. The normalized spacial score (nSPS) is 19.5. The average Bonchev–Trinajstić information content (AvgIpc) is 2.88. The number of benzene rings is 1. The third-order valence-corrected chi connectivity index (χ3v) is 4.24. The number of phenolic OH excluding ortho intramolecular Hbond substituents is 1. The Balaban J connectivity index is 2.00. The van der Waals surface area contributed by atoms with Gasteiger partial charge in [0.1, 0.15) is 11.6 Å². The summed E-state index contributed by atoms with van der Waals surface area (Å²) in [6.45, 7) is 2.77. The van der Waals surface area contributed by atoms with E-state index in [2.05, 4.69) is 5.32 Å². The van der Waals surface area contributed by atoms with Crippen LogP contribution in [-0.4, -0.2) is 23.4 Å². The Kier molecular flexibility index (Phi) is 4.42. The summed E-state index contributed by atoms with van der Waals surface area (Å²) in [5.41, 5.74) is 0.517. The van der Waals surface area contributed by atoms with Crippen LogP contribution < -0.4 is 5.32 Å². The Hall–Kier alpha value is -1.13. The average molecular weight is 267 g/mol. The first-order valence-electron chi connectivity index (χ1n) is 6.89. The molecular weight excluding hydrogens is 245 g/mol.